The second kappa shape index (κ2) is 12.2. The van der Waals surface area contributed by atoms with E-state index < -0.39 is 35.7 Å². The van der Waals surface area contributed by atoms with Crippen LogP contribution in [-0.2, 0) is 18.4 Å². The molecule has 0 aliphatic rings. The van der Waals surface area contributed by atoms with E-state index in [4.69, 9.17) is 11.6 Å². The molecule has 9 nitrogen and oxygen atoms in total. The van der Waals surface area contributed by atoms with Gasteiger partial charge in [-0.15, -0.1) is 10.2 Å². The average Bonchev–Trinajstić information content (AvgIpc) is 3.42. The summed E-state index contributed by atoms with van der Waals surface area (Å²) in [6, 6.07) is 13.3. The molecule has 0 fully saturated rings. The monoisotopic (exact) mass is 581 g/mol. The molecule has 15 heteroatoms. The average molecular weight is 582 g/mol. The number of tetrazole rings is 1. The minimum Gasteiger partial charge on any atom is -0.428 e. The molecule has 0 saturated carbocycles. The lowest BCUT2D eigenvalue weighted by atomic mass is 9.80. The van der Waals surface area contributed by atoms with E-state index in [0.29, 0.717) is 17.5 Å². The Bertz CT molecular complexity index is 1410. The maximum absolute atomic E-state index is 14.8. The molecule has 0 radical (unpaired) electrons. The standard InChI is InChI=1S/C25H21ClF5N7O2/c26-17-6-7-20(33-14-17)24(13-15-4-2-1-3-5-15,34-23(39)32-9-8-21-35-37-38-36-21)16-10-18(27)12-19(11-16)40-25(30,31)22(28)29/h1-7,10-12,14,22H,8-9,13H2,(H2,32,34,39)(H,35,36,37,38)/t24-/m0/s1. The molecule has 0 saturated heterocycles. The number of nitrogens with zero attached hydrogens (tertiary/aromatic N) is 4. The van der Waals surface area contributed by atoms with E-state index in [2.05, 4.69) is 41.0 Å². The zero-order chi connectivity index (χ0) is 28.8. The maximum atomic E-state index is 14.8. The van der Waals surface area contributed by atoms with Crippen molar-refractivity contribution in [2.75, 3.05) is 6.54 Å². The highest BCUT2D eigenvalue weighted by Crippen LogP contribution is 2.37. The Balaban J connectivity index is 1.79. The number of hydrogen-bond acceptors (Lipinski definition) is 6. The first-order chi connectivity index (χ1) is 19.1. The number of benzene rings is 2. The number of amides is 2. The molecule has 1 atom stereocenters. The summed E-state index contributed by atoms with van der Waals surface area (Å²) in [6.07, 6.45) is -7.63. The summed E-state index contributed by atoms with van der Waals surface area (Å²) in [6.45, 7) is 0.0684. The summed E-state index contributed by atoms with van der Waals surface area (Å²) in [5.74, 6) is -1.63. The van der Waals surface area contributed by atoms with Gasteiger partial charge in [0.1, 0.15) is 17.1 Å². The van der Waals surface area contributed by atoms with E-state index in [0.717, 1.165) is 12.1 Å². The zero-order valence-electron chi connectivity index (χ0n) is 20.4. The lowest BCUT2D eigenvalue weighted by Crippen LogP contribution is -2.53. The minimum absolute atomic E-state index is 0.0606. The van der Waals surface area contributed by atoms with Gasteiger partial charge in [0.05, 0.1) is 10.7 Å². The number of aromatic nitrogens is 5. The third-order valence-electron chi connectivity index (χ3n) is 5.70. The third kappa shape index (κ3) is 7.00. The van der Waals surface area contributed by atoms with E-state index in [-0.39, 0.29) is 35.7 Å². The molecule has 40 heavy (non-hydrogen) atoms. The number of carbonyl (C=O) groups excluding carboxylic acids is 1. The fraction of sp³-hybridized carbons (Fsp3) is 0.240. The zero-order valence-corrected chi connectivity index (χ0v) is 21.2. The number of nitrogens with one attached hydrogen (secondary N) is 3. The van der Waals surface area contributed by atoms with Gasteiger partial charge in [-0.3, -0.25) is 4.98 Å². The van der Waals surface area contributed by atoms with Gasteiger partial charge >= 0.3 is 18.6 Å². The highest BCUT2D eigenvalue weighted by molar-refractivity contribution is 6.30. The molecule has 0 spiro atoms. The van der Waals surface area contributed by atoms with Gasteiger partial charge in [-0.2, -0.15) is 22.8 Å². The van der Waals surface area contributed by atoms with E-state index in [9.17, 15) is 26.7 Å². The van der Waals surface area contributed by atoms with E-state index in [1.54, 1.807) is 30.3 Å². The van der Waals surface area contributed by atoms with Gasteiger partial charge in [0.2, 0.25) is 0 Å². The van der Waals surface area contributed by atoms with Crippen LogP contribution in [0.4, 0.5) is 26.7 Å². The van der Waals surface area contributed by atoms with E-state index >= 15 is 0 Å². The second-order valence-corrected chi connectivity index (χ2v) is 8.96. The molecule has 3 N–H and O–H groups in total. The first-order valence-corrected chi connectivity index (χ1v) is 12.1. The maximum Gasteiger partial charge on any atom is 0.461 e. The Hall–Kier alpha value is -4.33. The number of carbonyl (C=O) groups is 1. The molecule has 0 aliphatic heterocycles. The Morgan fingerprint density at radius 3 is 2.52 bits per heavy atom. The quantitative estimate of drug-likeness (QED) is 0.222. The van der Waals surface area contributed by atoms with Crippen molar-refractivity contribution in [2.24, 2.45) is 0 Å². The number of halogens is 6. The molecule has 2 amide bonds. The molecule has 0 aliphatic carbocycles. The Morgan fingerprint density at radius 2 is 1.88 bits per heavy atom. The summed E-state index contributed by atoms with van der Waals surface area (Å²) >= 11 is 6.03. The van der Waals surface area contributed by atoms with Crippen LogP contribution in [0.5, 0.6) is 5.75 Å². The van der Waals surface area contributed by atoms with Gasteiger partial charge in [-0.05, 0) is 35.4 Å². The Labute approximate surface area is 229 Å². The Kier molecular flexibility index (Phi) is 8.77. The van der Waals surface area contributed by atoms with Gasteiger partial charge in [0, 0.05) is 31.6 Å². The number of hydrogen-bond donors (Lipinski definition) is 3. The first-order valence-electron chi connectivity index (χ1n) is 11.7. The summed E-state index contributed by atoms with van der Waals surface area (Å²) in [4.78, 5) is 17.5. The van der Waals surface area contributed by atoms with Gasteiger partial charge < -0.3 is 15.4 Å². The molecule has 0 bridgehead atoms. The summed E-state index contributed by atoms with van der Waals surface area (Å²) in [5.41, 5.74) is -1.05. The van der Waals surface area contributed by atoms with Crippen LogP contribution in [-0.4, -0.2) is 50.7 Å². The first kappa shape index (κ1) is 28.7. The largest absolute Gasteiger partial charge is 0.461 e. The van der Waals surface area contributed by atoms with Crippen LogP contribution in [0.15, 0.2) is 66.9 Å². The summed E-state index contributed by atoms with van der Waals surface area (Å²) in [5, 5.41) is 19.0. The van der Waals surface area contributed by atoms with Crippen LogP contribution in [0.1, 0.15) is 22.6 Å². The van der Waals surface area contributed by atoms with E-state index in [1.165, 1.54) is 18.3 Å². The number of ether oxygens (including phenoxy) is 1. The number of H-pyrrole nitrogens is 1. The molecule has 0 unspecified atom stereocenters. The van der Waals surface area contributed by atoms with Crippen molar-refractivity contribution >= 4 is 17.6 Å². The topological polar surface area (TPSA) is 118 Å². The molecule has 2 heterocycles. The van der Waals surface area contributed by atoms with Gasteiger partial charge in [-0.1, -0.05) is 47.1 Å². The van der Waals surface area contributed by atoms with Crippen LogP contribution in [0, 0.1) is 5.82 Å². The van der Waals surface area contributed by atoms with Gasteiger partial charge in [0.15, 0.2) is 5.82 Å². The molecule has 2 aromatic carbocycles. The number of rotatable bonds is 11. The SMILES string of the molecule is O=C(NCCc1nn[nH]n1)N[C@@](Cc1ccccc1)(c1cc(F)cc(OC(F)(F)C(F)F)c1)c1ccc(Cl)cn1. The van der Waals surface area contributed by atoms with Crippen molar-refractivity contribution in [3.8, 4) is 5.75 Å². The smallest absolute Gasteiger partial charge is 0.428 e. The summed E-state index contributed by atoms with van der Waals surface area (Å²) < 4.78 is 72.2. The molecular formula is C25H21ClF5N7O2. The predicted octanol–water partition coefficient (Wildman–Crippen LogP) is 4.65. The highest BCUT2D eigenvalue weighted by atomic mass is 35.5. The van der Waals surface area contributed by atoms with Crippen molar-refractivity contribution in [1.29, 1.82) is 0 Å². The Morgan fingerprint density at radius 1 is 1.10 bits per heavy atom. The van der Waals surface area contributed by atoms with Crippen molar-refractivity contribution in [2.45, 2.75) is 30.9 Å². The van der Waals surface area contributed by atoms with E-state index in [1.807, 2.05) is 0 Å². The lowest BCUT2D eigenvalue weighted by Gasteiger charge is -2.36. The summed E-state index contributed by atoms with van der Waals surface area (Å²) in [7, 11) is 0. The third-order valence-corrected chi connectivity index (χ3v) is 5.92. The van der Waals surface area contributed by atoms with Crippen molar-refractivity contribution in [3.63, 3.8) is 0 Å². The molecular weight excluding hydrogens is 561 g/mol. The van der Waals surface area contributed by atoms with Crippen molar-refractivity contribution < 1.29 is 31.5 Å². The fourth-order valence-electron chi connectivity index (χ4n) is 3.94. The fourth-order valence-corrected chi connectivity index (χ4v) is 4.05. The van der Waals surface area contributed by atoms with Crippen LogP contribution < -0.4 is 15.4 Å². The van der Waals surface area contributed by atoms with Gasteiger partial charge in [0.25, 0.3) is 0 Å². The van der Waals surface area contributed by atoms with Crippen molar-refractivity contribution in [3.05, 3.63) is 100 Å². The van der Waals surface area contributed by atoms with Crippen molar-refractivity contribution in [1.82, 2.24) is 36.2 Å². The van der Waals surface area contributed by atoms with Crippen LogP contribution in [0.25, 0.3) is 0 Å². The molecule has 2 aromatic heterocycles. The van der Waals surface area contributed by atoms with Crippen LogP contribution in [0.2, 0.25) is 5.02 Å². The number of alkyl halides is 4. The minimum atomic E-state index is -4.90. The number of urea groups is 1. The van der Waals surface area contributed by atoms with Gasteiger partial charge in [-0.25, -0.2) is 9.18 Å². The number of aromatic amines is 1. The van der Waals surface area contributed by atoms with Crippen LogP contribution >= 0.6 is 11.6 Å². The predicted molar refractivity (Wildman–Crippen MR) is 133 cm³/mol. The van der Waals surface area contributed by atoms with Crippen LogP contribution in [0.3, 0.4) is 0 Å². The molecule has 210 valence electrons. The number of pyridine rings is 1. The molecule has 4 aromatic rings. The second-order valence-electron chi connectivity index (χ2n) is 8.53. The normalized spacial score (nSPS) is 13.1. The highest BCUT2D eigenvalue weighted by Gasteiger charge is 2.45. The lowest BCUT2D eigenvalue weighted by molar-refractivity contribution is -0.253. The molecule has 4 rings (SSSR count).